The fourth-order valence-corrected chi connectivity index (χ4v) is 1.47. The van der Waals surface area contributed by atoms with Crippen LogP contribution < -0.4 is 0 Å². The molecule has 1 aromatic heterocycles. The van der Waals surface area contributed by atoms with Gasteiger partial charge in [0.1, 0.15) is 4.60 Å². The van der Waals surface area contributed by atoms with Crippen LogP contribution in [0.1, 0.15) is 0 Å². The summed E-state index contributed by atoms with van der Waals surface area (Å²) >= 11 is 5.98. The number of halogens is 2. The summed E-state index contributed by atoms with van der Waals surface area (Å²) in [4.78, 5) is 13.4. The van der Waals surface area contributed by atoms with Gasteiger partial charge in [-0.05, 0) is 37.9 Å². The highest BCUT2D eigenvalue weighted by atomic mass is 79.9. The standard InChI is InChI=1S/C5HBr2N2O2/c6-4-2-1-3(9(10)11)5(7)8-4/h2H. The third-order valence-electron chi connectivity index (χ3n) is 0.911. The van der Waals surface area contributed by atoms with Gasteiger partial charge >= 0.3 is 5.69 Å². The highest BCUT2D eigenvalue weighted by Gasteiger charge is 2.12. The Morgan fingerprint density at radius 2 is 2.27 bits per heavy atom. The predicted octanol–water partition coefficient (Wildman–Crippen LogP) is 2.31. The van der Waals surface area contributed by atoms with Crippen LogP contribution in [0.2, 0.25) is 0 Å². The van der Waals surface area contributed by atoms with Crippen molar-refractivity contribution in [3.05, 3.63) is 31.5 Å². The third kappa shape index (κ3) is 1.97. The molecule has 0 aliphatic rings. The van der Waals surface area contributed by atoms with Crippen LogP contribution in [0.15, 0.2) is 15.3 Å². The average Bonchev–Trinajstić information content (AvgIpc) is 1.85. The molecule has 1 rings (SSSR count). The predicted molar refractivity (Wildman–Crippen MR) is 45.1 cm³/mol. The van der Waals surface area contributed by atoms with Crippen molar-refractivity contribution in [1.29, 1.82) is 0 Å². The lowest BCUT2D eigenvalue weighted by Gasteiger charge is -1.92. The van der Waals surface area contributed by atoms with Gasteiger partial charge in [-0.1, -0.05) is 0 Å². The summed E-state index contributed by atoms with van der Waals surface area (Å²) in [6.07, 6.45) is 0. The Hall–Kier alpha value is -0.490. The molecule has 0 bridgehead atoms. The second kappa shape index (κ2) is 3.27. The molecule has 57 valence electrons. The van der Waals surface area contributed by atoms with Crippen molar-refractivity contribution in [3.63, 3.8) is 0 Å². The summed E-state index contributed by atoms with van der Waals surface area (Å²) in [7, 11) is 0. The molecule has 4 nitrogen and oxygen atoms in total. The Morgan fingerprint density at radius 3 is 2.73 bits per heavy atom. The van der Waals surface area contributed by atoms with E-state index < -0.39 is 4.92 Å². The van der Waals surface area contributed by atoms with Gasteiger partial charge in [-0.3, -0.25) is 10.1 Å². The first-order valence-corrected chi connectivity index (χ1v) is 4.08. The van der Waals surface area contributed by atoms with Crippen molar-refractivity contribution < 1.29 is 4.92 Å². The van der Waals surface area contributed by atoms with Crippen LogP contribution in [0, 0.1) is 16.2 Å². The summed E-state index contributed by atoms with van der Waals surface area (Å²) < 4.78 is 0.687. The van der Waals surface area contributed by atoms with Crippen LogP contribution in [0.5, 0.6) is 0 Å². The van der Waals surface area contributed by atoms with Gasteiger partial charge in [0, 0.05) is 0 Å². The van der Waals surface area contributed by atoms with E-state index in [1.807, 2.05) is 0 Å². The van der Waals surface area contributed by atoms with Crippen molar-refractivity contribution in [2.75, 3.05) is 0 Å². The molecular weight excluding hydrogens is 280 g/mol. The third-order valence-corrected chi connectivity index (χ3v) is 1.87. The highest BCUT2D eigenvalue weighted by Crippen LogP contribution is 2.23. The normalized spacial score (nSPS) is 9.64. The van der Waals surface area contributed by atoms with E-state index in [0.717, 1.165) is 0 Å². The molecule has 11 heavy (non-hydrogen) atoms. The number of nitro groups is 1. The van der Waals surface area contributed by atoms with Gasteiger partial charge in [-0.25, -0.2) is 4.98 Å². The SMILES string of the molecule is O=[N+]([O-])c1[c]cc(Br)nc1Br. The molecule has 0 aliphatic carbocycles. The number of hydrogen-bond donors (Lipinski definition) is 0. The Labute approximate surface area is 79.0 Å². The van der Waals surface area contributed by atoms with Crippen molar-refractivity contribution >= 4 is 37.5 Å². The van der Waals surface area contributed by atoms with Crippen LogP contribution in [0.25, 0.3) is 0 Å². The molecule has 0 saturated carbocycles. The molecule has 0 atom stereocenters. The minimum Gasteiger partial charge on any atom is -0.258 e. The van der Waals surface area contributed by atoms with Crippen molar-refractivity contribution in [1.82, 2.24) is 4.98 Å². The van der Waals surface area contributed by atoms with Crippen molar-refractivity contribution in [2.45, 2.75) is 0 Å². The molecular formula is C5HBr2N2O2. The molecule has 0 fully saturated rings. The number of pyridine rings is 1. The first-order chi connectivity index (χ1) is 5.11. The zero-order valence-electron chi connectivity index (χ0n) is 5.04. The zero-order valence-corrected chi connectivity index (χ0v) is 8.22. The molecule has 1 aromatic rings. The Balaban J connectivity index is 3.20. The summed E-state index contributed by atoms with van der Waals surface area (Å²) in [5, 5.41) is 10.2. The van der Waals surface area contributed by atoms with E-state index >= 15 is 0 Å². The fourth-order valence-electron chi connectivity index (χ4n) is 0.494. The molecule has 0 unspecified atom stereocenters. The quantitative estimate of drug-likeness (QED) is 0.451. The van der Waals surface area contributed by atoms with Crippen molar-refractivity contribution in [3.8, 4) is 0 Å². The van der Waals surface area contributed by atoms with Gasteiger partial charge in [0.25, 0.3) is 0 Å². The molecule has 6 heteroatoms. The topological polar surface area (TPSA) is 56.0 Å². The summed E-state index contributed by atoms with van der Waals surface area (Å²) in [5.74, 6) is 0. The minimum atomic E-state index is -0.552. The lowest BCUT2D eigenvalue weighted by molar-refractivity contribution is -0.386. The molecule has 0 amide bonds. The van der Waals surface area contributed by atoms with E-state index in [4.69, 9.17) is 0 Å². The van der Waals surface area contributed by atoms with Gasteiger partial charge in [-0.2, -0.15) is 0 Å². The highest BCUT2D eigenvalue weighted by molar-refractivity contribution is 9.11. The van der Waals surface area contributed by atoms with Gasteiger partial charge in [0.05, 0.1) is 11.0 Å². The molecule has 1 radical (unpaired) electrons. The molecule has 0 spiro atoms. The van der Waals surface area contributed by atoms with Gasteiger partial charge in [0.15, 0.2) is 4.60 Å². The Morgan fingerprint density at radius 1 is 1.64 bits per heavy atom. The van der Waals surface area contributed by atoms with E-state index in [1.165, 1.54) is 6.07 Å². The lowest BCUT2D eigenvalue weighted by atomic mass is 10.4. The molecule has 0 aliphatic heterocycles. The number of rotatable bonds is 1. The van der Waals surface area contributed by atoms with E-state index in [1.54, 1.807) is 0 Å². The van der Waals surface area contributed by atoms with Crippen LogP contribution in [0.4, 0.5) is 5.69 Å². The van der Waals surface area contributed by atoms with Crippen molar-refractivity contribution in [2.24, 2.45) is 0 Å². The van der Waals surface area contributed by atoms with Gasteiger partial charge in [-0.15, -0.1) is 0 Å². The largest absolute Gasteiger partial charge is 0.310 e. The van der Waals surface area contributed by atoms with Gasteiger partial charge in [0.2, 0.25) is 0 Å². The first-order valence-electron chi connectivity index (χ1n) is 2.49. The van der Waals surface area contributed by atoms with E-state index in [9.17, 15) is 10.1 Å². The van der Waals surface area contributed by atoms with E-state index in [2.05, 4.69) is 42.9 Å². The Kier molecular flexibility index (Phi) is 2.56. The van der Waals surface area contributed by atoms with Crippen LogP contribution >= 0.6 is 31.9 Å². The zero-order chi connectivity index (χ0) is 8.43. The number of aromatic nitrogens is 1. The molecule has 0 saturated heterocycles. The minimum absolute atomic E-state index is 0.159. The van der Waals surface area contributed by atoms with E-state index in [-0.39, 0.29) is 10.3 Å². The average molecular weight is 281 g/mol. The molecule has 1 heterocycles. The van der Waals surface area contributed by atoms with E-state index in [0.29, 0.717) is 4.60 Å². The maximum atomic E-state index is 10.2. The van der Waals surface area contributed by atoms with Crippen LogP contribution in [0.3, 0.4) is 0 Å². The monoisotopic (exact) mass is 279 g/mol. The second-order valence-electron chi connectivity index (χ2n) is 1.62. The first kappa shape index (κ1) is 8.61. The summed E-state index contributed by atoms with van der Waals surface area (Å²) in [6, 6.07) is 3.84. The second-order valence-corrected chi connectivity index (χ2v) is 3.18. The maximum Gasteiger partial charge on any atom is 0.310 e. The molecule has 0 aromatic carbocycles. The van der Waals surface area contributed by atoms with Gasteiger partial charge < -0.3 is 0 Å². The van der Waals surface area contributed by atoms with Crippen LogP contribution in [-0.2, 0) is 0 Å². The molecule has 0 N–H and O–H groups in total. The number of nitrogens with zero attached hydrogens (tertiary/aromatic N) is 2. The van der Waals surface area contributed by atoms with Crippen LogP contribution in [-0.4, -0.2) is 9.91 Å². The maximum absolute atomic E-state index is 10.2. The summed E-state index contributed by atoms with van der Waals surface area (Å²) in [5.41, 5.74) is -0.159. The smallest absolute Gasteiger partial charge is 0.258 e. The lowest BCUT2D eigenvalue weighted by Crippen LogP contribution is -1.91. The summed E-state index contributed by atoms with van der Waals surface area (Å²) in [6.45, 7) is 0. The number of hydrogen-bond acceptors (Lipinski definition) is 3. The Bertz CT molecular complexity index is 303. The fraction of sp³-hybridized carbons (Fsp3) is 0.